The van der Waals surface area contributed by atoms with Gasteiger partial charge in [-0.15, -0.1) is 0 Å². The van der Waals surface area contributed by atoms with Crippen LogP contribution in [0.3, 0.4) is 0 Å². The van der Waals surface area contributed by atoms with Crippen molar-refractivity contribution in [2.45, 2.75) is 24.8 Å². The fraction of sp³-hybridized carbons (Fsp3) is 0.529. The molecule has 23 heavy (non-hydrogen) atoms. The first-order valence-corrected chi connectivity index (χ1v) is 7.97. The SMILES string of the molecule is O=C1NC2(CCc3ccccc3C2)C(=O)N1CC1(CO)COC1. The molecule has 6 nitrogen and oxygen atoms in total. The number of hydrogen-bond acceptors (Lipinski definition) is 4. The van der Waals surface area contributed by atoms with Gasteiger partial charge in [0, 0.05) is 13.0 Å². The number of carbonyl (C=O) groups is 2. The summed E-state index contributed by atoms with van der Waals surface area (Å²) in [4.78, 5) is 26.6. The van der Waals surface area contributed by atoms with Crippen LogP contribution in [0.4, 0.5) is 4.79 Å². The van der Waals surface area contributed by atoms with E-state index in [9.17, 15) is 14.7 Å². The van der Waals surface area contributed by atoms with Crippen molar-refractivity contribution in [2.75, 3.05) is 26.4 Å². The van der Waals surface area contributed by atoms with Crippen LogP contribution in [0, 0.1) is 5.41 Å². The monoisotopic (exact) mass is 316 g/mol. The maximum Gasteiger partial charge on any atom is 0.325 e. The van der Waals surface area contributed by atoms with Crippen LogP contribution in [0.5, 0.6) is 0 Å². The zero-order valence-electron chi connectivity index (χ0n) is 12.9. The minimum atomic E-state index is -0.827. The molecule has 4 rings (SSSR count). The average molecular weight is 316 g/mol. The Balaban J connectivity index is 1.58. The Kier molecular flexibility index (Phi) is 3.21. The molecule has 1 aromatic carbocycles. The number of nitrogens with zero attached hydrogens (tertiary/aromatic N) is 1. The van der Waals surface area contributed by atoms with Gasteiger partial charge in [-0.2, -0.15) is 0 Å². The average Bonchev–Trinajstić information content (AvgIpc) is 2.74. The standard InChI is InChI=1S/C17H20N2O4/c20-9-16(10-23-11-16)8-19-14(21)17(18-15(19)22)6-5-12-3-1-2-4-13(12)7-17/h1-4,20H,5-11H2,(H,18,22). The number of fused-ring (bicyclic) bond motifs is 1. The van der Waals surface area contributed by atoms with Crippen molar-refractivity contribution in [3.63, 3.8) is 0 Å². The van der Waals surface area contributed by atoms with Crippen molar-refractivity contribution < 1.29 is 19.4 Å². The molecule has 3 amide bonds. The lowest BCUT2D eigenvalue weighted by molar-refractivity contribution is -0.154. The van der Waals surface area contributed by atoms with Gasteiger partial charge in [0.05, 0.1) is 25.2 Å². The summed E-state index contributed by atoms with van der Waals surface area (Å²) in [6.07, 6.45) is 1.94. The maximum absolute atomic E-state index is 13.0. The van der Waals surface area contributed by atoms with Crippen LogP contribution in [-0.2, 0) is 22.4 Å². The van der Waals surface area contributed by atoms with E-state index in [2.05, 4.69) is 11.4 Å². The summed E-state index contributed by atoms with van der Waals surface area (Å²) in [7, 11) is 0. The van der Waals surface area contributed by atoms with Crippen LogP contribution in [0.1, 0.15) is 17.5 Å². The summed E-state index contributed by atoms with van der Waals surface area (Å²) in [6.45, 7) is 0.907. The van der Waals surface area contributed by atoms with E-state index in [4.69, 9.17) is 4.74 Å². The van der Waals surface area contributed by atoms with Crippen molar-refractivity contribution in [2.24, 2.45) is 5.41 Å². The van der Waals surface area contributed by atoms with Gasteiger partial charge in [0.2, 0.25) is 0 Å². The molecule has 0 bridgehead atoms. The summed E-state index contributed by atoms with van der Waals surface area (Å²) in [5, 5.41) is 12.5. The highest BCUT2D eigenvalue weighted by molar-refractivity contribution is 6.07. The summed E-state index contributed by atoms with van der Waals surface area (Å²) < 4.78 is 5.16. The predicted molar refractivity (Wildman–Crippen MR) is 81.8 cm³/mol. The molecule has 2 N–H and O–H groups in total. The van der Waals surface area contributed by atoms with Crippen LogP contribution in [0.25, 0.3) is 0 Å². The molecule has 1 atom stereocenters. The van der Waals surface area contributed by atoms with Gasteiger partial charge < -0.3 is 15.2 Å². The summed E-state index contributed by atoms with van der Waals surface area (Å²) in [6, 6.07) is 7.71. The van der Waals surface area contributed by atoms with E-state index in [-0.39, 0.29) is 25.1 Å². The predicted octanol–water partition coefficient (Wildman–Crippen LogP) is 0.475. The Bertz CT molecular complexity index is 665. The minimum Gasteiger partial charge on any atom is -0.396 e. The Hall–Kier alpha value is -1.92. The second-order valence-electron chi connectivity index (χ2n) is 7.00. The molecule has 2 aliphatic heterocycles. The van der Waals surface area contributed by atoms with Gasteiger partial charge in [-0.05, 0) is 24.0 Å². The molecule has 6 heteroatoms. The number of rotatable bonds is 3. The minimum absolute atomic E-state index is 0.0834. The van der Waals surface area contributed by atoms with Crippen molar-refractivity contribution in [1.82, 2.24) is 10.2 Å². The molecule has 122 valence electrons. The van der Waals surface area contributed by atoms with Gasteiger partial charge in [-0.1, -0.05) is 24.3 Å². The fourth-order valence-corrected chi connectivity index (χ4v) is 3.80. The highest BCUT2D eigenvalue weighted by atomic mass is 16.5. The quantitative estimate of drug-likeness (QED) is 0.795. The van der Waals surface area contributed by atoms with Crippen molar-refractivity contribution in [3.8, 4) is 0 Å². The second-order valence-corrected chi connectivity index (χ2v) is 7.00. The smallest absolute Gasteiger partial charge is 0.325 e. The van der Waals surface area contributed by atoms with E-state index < -0.39 is 11.0 Å². The van der Waals surface area contributed by atoms with Gasteiger partial charge in [0.15, 0.2) is 0 Å². The summed E-state index contributed by atoms with van der Waals surface area (Å²) >= 11 is 0. The zero-order valence-corrected chi connectivity index (χ0v) is 12.9. The summed E-state index contributed by atoms with van der Waals surface area (Å²) in [5.74, 6) is -0.170. The number of imide groups is 1. The molecule has 1 spiro atoms. The van der Waals surface area contributed by atoms with Crippen molar-refractivity contribution in [3.05, 3.63) is 35.4 Å². The normalized spacial score (nSPS) is 28.5. The molecule has 1 unspecified atom stereocenters. The second kappa shape index (κ2) is 5.04. The van der Waals surface area contributed by atoms with Crippen LogP contribution in [0.15, 0.2) is 24.3 Å². The number of aryl methyl sites for hydroxylation is 1. The molecule has 2 heterocycles. The molecule has 2 fully saturated rings. The van der Waals surface area contributed by atoms with Crippen LogP contribution >= 0.6 is 0 Å². The highest BCUT2D eigenvalue weighted by Crippen LogP contribution is 2.36. The zero-order chi connectivity index (χ0) is 16.1. The lowest BCUT2D eigenvalue weighted by Gasteiger charge is -2.41. The highest BCUT2D eigenvalue weighted by Gasteiger charge is 2.54. The number of carbonyl (C=O) groups excluding carboxylic acids is 2. The third-order valence-electron chi connectivity index (χ3n) is 5.32. The third-order valence-corrected chi connectivity index (χ3v) is 5.32. The first-order valence-electron chi connectivity index (χ1n) is 7.97. The topological polar surface area (TPSA) is 78.9 Å². The van der Waals surface area contributed by atoms with E-state index in [0.29, 0.717) is 26.1 Å². The molecule has 0 aromatic heterocycles. The number of ether oxygens (including phenoxy) is 1. The molecule has 1 aliphatic carbocycles. The van der Waals surface area contributed by atoms with Crippen molar-refractivity contribution in [1.29, 1.82) is 0 Å². The number of nitrogens with one attached hydrogen (secondary N) is 1. The molecule has 0 saturated carbocycles. The molecular weight excluding hydrogens is 296 g/mol. The number of aliphatic hydroxyl groups excluding tert-OH is 1. The number of benzene rings is 1. The van der Waals surface area contributed by atoms with Crippen LogP contribution in [-0.4, -0.2) is 53.8 Å². The Labute approximate surface area is 134 Å². The number of amides is 3. The van der Waals surface area contributed by atoms with Gasteiger partial charge in [-0.3, -0.25) is 9.69 Å². The first-order chi connectivity index (χ1) is 11.1. The largest absolute Gasteiger partial charge is 0.396 e. The van der Waals surface area contributed by atoms with E-state index in [1.54, 1.807) is 0 Å². The van der Waals surface area contributed by atoms with Gasteiger partial charge in [0.1, 0.15) is 5.54 Å². The third kappa shape index (κ3) is 2.16. The Morgan fingerprint density at radius 1 is 1.22 bits per heavy atom. The number of aliphatic hydroxyl groups is 1. The molecule has 0 radical (unpaired) electrons. The first kappa shape index (κ1) is 14.7. The van der Waals surface area contributed by atoms with Gasteiger partial charge in [-0.25, -0.2) is 4.79 Å². The lowest BCUT2D eigenvalue weighted by Crippen LogP contribution is -2.55. The van der Waals surface area contributed by atoms with Gasteiger partial charge in [0.25, 0.3) is 5.91 Å². The van der Waals surface area contributed by atoms with E-state index >= 15 is 0 Å². The summed E-state index contributed by atoms with van der Waals surface area (Å²) in [5.41, 5.74) is 1.05. The number of hydrogen-bond donors (Lipinski definition) is 2. The number of urea groups is 1. The molecular formula is C17H20N2O4. The van der Waals surface area contributed by atoms with E-state index in [1.807, 2.05) is 18.2 Å². The lowest BCUT2D eigenvalue weighted by atomic mass is 9.77. The van der Waals surface area contributed by atoms with E-state index in [1.165, 1.54) is 10.5 Å². The Morgan fingerprint density at radius 2 is 1.96 bits per heavy atom. The van der Waals surface area contributed by atoms with Crippen LogP contribution < -0.4 is 5.32 Å². The maximum atomic E-state index is 13.0. The van der Waals surface area contributed by atoms with Gasteiger partial charge >= 0.3 is 6.03 Å². The van der Waals surface area contributed by atoms with Crippen LogP contribution in [0.2, 0.25) is 0 Å². The Morgan fingerprint density at radius 3 is 2.61 bits per heavy atom. The molecule has 3 aliphatic rings. The molecule has 2 saturated heterocycles. The fourth-order valence-electron chi connectivity index (χ4n) is 3.80. The van der Waals surface area contributed by atoms with Crippen molar-refractivity contribution >= 4 is 11.9 Å². The molecule has 1 aromatic rings. The van der Waals surface area contributed by atoms with E-state index in [0.717, 1.165) is 12.0 Å².